The third kappa shape index (κ3) is 4.85. The first-order valence-electron chi connectivity index (χ1n) is 9.74. The first kappa shape index (κ1) is 23.2. The number of nitrogens with zero attached hydrogens (tertiary/aromatic N) is 1. The van der Waals surface area contributed by atoms with Gasteiger partial charge in [0.15, 0.2) is 11.5 Å². The highest BCUT2D eigenvalue weighted by molar-refractivity contribution is 9.10. The first-order chi connectivity index (χ1) is 15.9. The van der Waals surface area contributed by atoms with E-state index >= 15 is 0 Å². The third-order valence-electron chi connectivity index (χ3n) is 4.88. The molecule has 0 spiro atoms. The van der Waals surface area contributed by atoms with Crippen LogP contribution >= 0.6 is 39.1 Å². The quantitative estimate of drug-likeness (QED) is 0.312. The van der Waals surface area contributed by atoms with E-state index in [4.69, 9.17) is 32.7 Å². The van der Waals surface area contributed by atoms with E-state index in [-0.39, 0.29) is 17.2 Å². The maximum atomic E-state index is 12.9. The third-order valence-corrected chi connectivity index (χ3v) is 6.57. The normalized spacial score (nSPS) is 14.5. The van der Waals surface area contributed by atoms with Crippen molar-refractivity contribution in [2.45, 2.75) is 6.61 Å². The summed E-state index contributed by atoms with van der Waals surface area (Å²) in [5.74, 6) is -0.309. The summed E-state index contributed by atoms with van der Waals surface area (Å²) < 4.78 is 11.8. The number of hydrogen-bond acceptors (Lipinski definition) is 4. The molecule has 0 saturated carbocycles. The van der Waals surface area contributed by atoms with Crippen molar-refractivity contribution in [1.82, 2.24) is 5.43 Å². The van der Waals surface area contributed by atoms with Crippen molar-refractivity contribution in [3.8, 4) is 11.5 Å². The fraction of sp³-hybridized carbons (Fsp3) is 0.0833. The van der Waals surface area contributed by atoms with Gasteiger partial charge in [0.25, 0.3) is 11.8 Å². The molecule has 33 heavy (non-hydrogen) atoms. The van der Waals surface area contributed by atoms with Crippen LogP contribution in [0.4, 0.5) is 5.69 Å². The topological polar surface area (TPSA) is 67.9 Å². The molecular formula is C24H17BrCl2N2O4. The van der Waals surface area contributed by atoms with Crippen molar-refractivity contribution in [2.24, 2.45) is 0 Å². The van der Waals surface area contributed by atoms with E-state index in [0.29, 0.717) is 32.2 Å². The molecule has 4 rings (SSSR count). The molecule has 3 aromatic rings. The molecule has 1 N–H and O–H groups in total. The van der Waals surface area contributed by atoms with Gasteiger partial charge in [-0.1, -0.05) is 53.5 Å². The number of amides is 2. The Hall–Kier alpha value is -3.00. The van der Waals surface area contributed by atoms with E-state index in [1.54, 1.807) is 42.5 Å². The molecule has 9 heteroatoms. The summed E-state index contributed by atoms with van der Waals surface area (Å²) in [5.41, 5.74) is 4.48. The number of anilines is 1. The number of nitrogens with one attached hydrogen (secondary N) is 1. The lowest BCUT2D eigenvalue weighted by atomic mass is 10.1. The number of rotatable bonds is 6. The van der Waals surface area contributed by atoms with Gasteiger partial charge >= 0.3 is 0 Å². The fourth-order valence-electron chi connectivity index (χ4n) is 3.20. The summed E-state index contributed by atoms with van der Waals surface area (Å²) in [6.07, 6.45) is 1.46. The van der Waals surface area contributed by atoms with Crippen LogP contribution in [0.15, 0.2) is 70.7 Å². The summed E-state index contributed by atoms with van der Waals surface area (Å²) in [7, 11) is 1.48. The van der Waals surface area contributed by atoms with Crippen LogP contribution in [-0.4, -0.2) is 18.9 Å². The molecule has 0 aliphatic carbocycles. The molecule has 1 fully saturated rings. The van der Waals surface area contributed by atoms with E-state index in [2.05, 4.69) is 21.4 Å². The summed E-state index contributed by atoms with van der Waals surface area (Å²) in [4.78, 5) is 25.4. The molecular weight excluding hydrogens is 531 g/mol. The minimum atomic E-state index is -0.520. The van der Waals surface area contributed by atoms with Crippen molar-refractivity contribution in [3.63, 3.8) is 0 Å². The Kier molecular flexibility index (Phi) is 6.93. The van der Waals surface area contributed by atoms with Gasteiger partial charge in [0, 0.05) is 9.50 Å². The van der Waals surface area contributed by atoms with Crippen LogP contribution in [0.25, 0.3) is 6.08 Å². The molecule has 168 valence electrons. The SMILES string of the molecule is COc1cc(/C=C2/C(=O)NN(c3ccccc3)C2=O)c(Br)c(Cl)c1OCc1ccc(Cl)cc1. The van der Waals surface area contributed by atoms with E-state index in [1.807, 2.05) is 18.2 Å². The second-order valence-electron chi connectivity index (χ2n) is 7.02. The smallest absolute Gasteiger partial charge is 0.282 e. The molecule has 1 saturated heterocycles. The fourth-order valence-corrected chi connectivity index (χ4v) is 4.00. The van der Waals surface area contributed by atoms with E-state index in [0.717, 1.165) is 5.56 Å². The van der Waals surface area contributed by atoms with Crippen molar-refractivity contribution >= 4 is 62.7 Å². The van der Waals surface area contributed by atoms with Crippen molar-refractivity contribution < 1.29 is 19.1 Å². The van der Waals surface area contributed by atoms with Crippen molar-refractivity contribution in [3.05, 3.63) is 91.9 Å². The number of carbonyl (C=O) groups excluding carboxylic acids is 2. The summed E-state index contributed by atoms with van der Waals surface area (Å²) in [5, 5.41) is 2.08. The van der Waals surface area contributed by atoms with Gasteiger partial charge in [0.1, 0.15) is 17.2 Å². The Bertz CT molecular complexity index is 1250. The Morgan fingerprint density at radius 2 is 1.76 bits per heavy atom. The zero-order valence-electron chi connectivity index (χ0n) is 17.3. The van der Waals surface area contributed by atoms with Crippen molar-refractivity contribution in [2.75, 3.05) is 12.1 Å². The Labute approximate surface area is 208 Å². The number of hydrazine groups is 1. The number of ether oxygens (including phenoxy) is 2. The molecule has 0 bridgehead atoms. The minimum absolute atomic E-state index is 0.0347. The number of carbonyl (C=O) groups is 2. The highest BCUT2D eigenvalue weighted by atomic mass is 79.9. The zero-order chi connectivity index (χ0) is 23.5. The van der Waals surface area contributed by atoms with E-state index < -0.39 is 11.8 Å². The lowest BCUT2D eigenvalue weighted by Gasteiger charge is -2.15. The lowest BCUT2D eigenvalue weighted by Crippen LogP contribution is -2.35. The lowest BCUT2D eigenvalue weighted by molar-refractivity contribution is -0.117. The van der Waals surface area contributed by atoms with Gasteiger partial charge in [-0.3, -0.25) is 15.0 Å². The van der Waals surface area contributed by atoms with Gasteiger partial charge in [-0.25, -0.2) is 5.01 Å². The highest BCUT2D eigenvalue weighted by Gasteiger charge is 2.34. The number of para-hydroxylation sites is 1. The molecule has 6 nitrogen and oxygen atoms in total. The number of halogens is 3. The van der Waals surface area contributed by atoms with Gasteiger partial charge in [-0.05, 0) is 63.5 Å². The maximum absolute atomic E-state index is 12.9. The maximum Gasteiger partial charge on any atom is 0.282 e. The Morgan fingerprint density at radius 3 is 2.42 bits per heavy atom. The summed E-state index contributed by atoms with van der Waals surface area (Å²) in [6, 6.07) is 17.7. The number of methoxy groups -OCH3 is 1. The predicted octanol–water partition coefficient (Wildman–Crippen LogP) is 5.80. The van der Waals surface area contributed by atoms with Crippen LogP contribution in [0.3, 0.4) is 0 Å². The van der Waals surface area contributed by atoms with Crippen LogP contribution in [0.2, 0.25) is 10.0 Å². The van der Waals surface area contributed by atoms with Crippen molar-refractivity contribution in [1.29, 1.82) is 0 Å². The summed E-state index contributed by atoms with van der Waals surface area (Å²) in [6.45, 7) is 0.243. The Morgan fingerprint density at radius 1 is 1.06 bits per heavy atom. The number of benzene rings is 3. The van der Waals surface area contributed by atoms with Crippen LogP contribution in [-0.2, 0) is 16.2 Å². The molecule has 1 aliphatic heterocycles. The van der Waals surface area contributed by atoms with Crippen LogP contribution in [0.5, 0.6) is 11.5 Å². The molecule has 1 heterocycles. The van der Waals surface area contributed by atoms with Crippen LogP contribution < -0.4 is 19.9 Å². The van der Waals surface area contributed by atoms with Crippen LogP contribution in [0, 0.1) is 0 Å². The van der Waals surface area contributed by atoms with Gasteiger partial charge in [-0.15, -0.1) is 0 Å². The van der Waals surface area contributed by atoms with Gasteiger partial charge in [0.05, 0.1) is 12.8 Å². The standard InChI is InChI=1S/C24H17BrCl2N2O4/c1-32-19-12-15(11-18-23(30)28-29(24(18)31)17-5-3-2-4-6-17)20(25)21(27)22(19)33-13-14-7-9-16(26)10-8-14/h2-12H,13H2,1H3,(H,28,30)/b18-11-. The molecule has 0 aromatic heterocycles. The average Bonchev–Trinajstić information content (AvgIpc) is 3.11. The molecule has 0 radical (unpaired) electrons. The molecule has 0 unspecified atom stereocenters. The number of hydrogen-bond donors (Lipinski definition) is 1. The zero-order valence-corrected chi connectivity index (χ0v) is 20.4. The van der Waals surface area contributed by atoms with Gasteiger partial charge in [-0.2, -0.15) is 0 Å². The highest BCUT2D eigenvalue weighted by Crippen LogP contribution is 2.43. The van der Waals surface area contributed by atoms with E-state index in [9.17, 15) is 9.59 Å². The first-order valence-corrected chi connectivity index (χ1v) is 11.3. The second-order valence-corrected chi connectivity index (χ2v) is 8.62. The molecule has 2 amide bonds. The minimum Gasteiger partial charge on any atom is -0.493 e. The average molecular weight is 548 g/mol. The Balaban J connectivity index is 1.64. The van der Waals surface area contributed by atoms with E-state index in [1.165, 1.54) is 18.2 Å². The monoisotopic (exact) mass is 546 g/mol. The van der Waals surface area contributed by atoms with Gasteiger partial charge < -0.3 is 9.47 Å². The molecule has 0 atom stereocenters. The van der Waals surface area contributed by atoms with Crippen LogP contribution in [0.1, 0.15) is 11.1 Å². The molecule has 1 aliphatic rings. The molecule has 3 aromatic carbocycles. The summed E-state index contributed by atoms with van der Waals surface area (Å²) >= 11 is 15.9. The predicted molar refractivity (Wildman–Crippen MR) is 132 cm³/mol. The van der Waals surface area contributed by atoms with Gasteiger partial charge in [0.2, 0.25) is 0 Å². The largest absolute Gasteiger partial charge is 0.493 e. The second kappa shape index (κ2) is 9.87.